The Morgan fingerprint density at radius 3 is 1.45 bits per heavy atom. The maximum Gasteiger partial charge on any atom is 0.0462 e. The fourth-order valence-electron chi connectivity index (χ4n) is 9.72. The van der Waals surface area contributed by atoms with E-state index in [4.69, 9.17) is 0 Å². The van der Waals surface area contributed by atoms with E-state index < -0.39 is 0 Å². The Bertz CT molecular complexity index is 3160. The summed E-state index contributed by atoms with van der Waals surface area (Å²) in [7, 11) is 0. The van der Waals surface area contributed by atoms with Crippen LogP contribution in [0.2, 0.25) is 0 Å². The first-order valence-corrected chi connectivity index (χ1v) is 20.9. The summed E-state index contributed by atoms with van der Waals surface area (Å²) in [6.07, 6.45) is 4.48. The van der Waals surface area contributed by atoms with Crippen LogP contribution in [0.25, 0.3) is 77.9 Å². The molecular weight excluding hydrogens is 723 g/mol. The Balaban J connectivity index is 0.944. The smallest absolute Gasteiger partial charge is 0.0462 e. The summed E-state index contributed by atoms with van der Waals surface area (Å²) in [5.41, 5.74) is 16.1. The van der Waals surface area contributed by atoms with Crippen molar-refractivity contribution < 1.29 is 0 Å². The van der Waals surface area contributed by atoms with Crippen LogP contribution in [0.5, 0.6) is 0 Å². The quantitative estimate of drug-likeness (QED) is 0.115. The molecule has 1 heteroatoms. The first-order valence-electron chi connectivity index (χ1n) is 20.9. The van der Waals surface area contributed by atoms with Crippen molar-refractivity contribution in [3.63, 3.8) is 0 Å². The second-order valence-corrected chi connectivity index (χ2v) is 16.5. The van der Waals surface area contributed by atoms with Gasteiger partial charge in [-0.15, -0.1) is 0 Å². The van der Waals surface area contributed by atoms with Crippen LogP contribution in [0, 0.1) is 0 Å². The summed E-state index contributed by atoms with van der Waals surface area (Å²) < 4.78 is 0. The third kappa shape index (κ3) is 5.93. The summed E-state index contributed by atoms with van der Waals surface area (Å²) in [4.78, 5) is 2.30. The highest BCUT2D eigenvalue weighted by Crippen LogP contribution is 2.52. The van der Waals surface area contributed by atoms with Crippen molar-refractivity contribution in [1.82, 2.24) is 0 Å². The lowest BCUT2D eigenvalue weighted by atomic mass is 9.80. The molecule has 60 heavy (non-hydrogen) atoms. The van der Waals surface area contributed by atoms with Crippen LogP contribution >= 0.6 is 0 Å². The Labute approximate surface area is 352 Å². The number of benzene rings is 10. The van der Waals surface area contributed by atoms with Gasteiger partial charge in [-0.3, -0.25) is 0 Å². The van der Waals surface area contributed by atoms with Gasteiger partial charge in [0, 0.05) is 22.5 Å². The predicted molar refractivity (Wildman–Crippen MR) is 257 cm³/mol. The summed E-state index contributed by atoms with van der Waals surface area (Å²) in [6.45, 7) is 4.78. The van der Waals surface area contributed by atoms with Crippen LogP contribution in [0.15, 0.2) is 212 Å². The maximum atomic E-state index is 2.48. The van der Waals surface area contributed by atoms with Crippen LogP contribution in [0.4, 0.5) is 17.1 Å². The van der Waals surface area contributed by atoms with Gasteiger partial charge in [0.1, 0.15) is 0 Å². The molecule has 0 radical (unpaired) electrons. The normalized spacial score (nSPS) is 12.9. The van der Waals surface area contributed by atoms with Crippen molar-refractivity contribution in [2.75, 3.05) is 4.90 Å². The van der Waals surface area contributed by atoms with E-state index in [1.165, 1.54) is 88.0 Å². The number of hydrogen-bond donors (Lipinski definition) is 0. The average Bonchev–Trinajstić information content (AvgIpc) is 3.53. The lowest BCUT2D eigenvalue weighted by molar-refractivity contribution is 0.660. The fourth-order valence-corrected chi connectivity index (χ4v) is 9.72. The molecule has 0 aromatic heterocycles. The van der Waals surface area contributed by atoms with E-state index in [9.17, 15) is 0 Å². The van der Waals surface area contributed by atoms with E-state index in [0.29, 0.717) is 0 Å². The van der Waals surface area contributed by atoms with E-state index >= 15 is 0 Å². The number of anilines is 3. The first-order chi connectivity index (χ1) is 29.5. The molecule has 0 unspecified atom stereocenters. The summed E-state index contributed by atoms with van der Waals surface area (Å²) in [5.74, 6) is 0. The third-order valence-electron chi connectivity index (χ3n) is 12.6. The molecule has 1 nitrogen and oxygen atoms in total. The first kappa shape index (κ1) is 35.7. The molecule has 0 fully saturated rings. The average molecular weight is 766 g/mol. The molecule has 0 heterocycles. The molecule has 11 rings (SSSR count). The molecule has 0 N–H and O–H groups in total. The molecule has 0 saturated heterocycles. The van der Waals surface area contributed by atoms with Crippen LogP contribution < -0.4 is 4.90 Å². The SMILES string of the molecule is CC1(C)c2cc(C=Cc3ccc(N(c4ccccc4)c4ccccc4)cc3)ccc2-c2ccc(-c3c4ccccc4c(-c4cccc5ccccc45)c4ccccc34)cc21. The van der Waals surface area contributed by atoms with Crippen LogP contribution in [-0.4, -0.2) is 0 Å². The zero-order valence-corrected chi connectivity index (χ0v) is 33.8. The van der Waals surface area contributed by atoms with Gasteiger partial charge in [-0.2, -0.15) is 0 Å². The van der Waals surface area contributed by atoms with Gasteiger partial charge in [0.05, 0.1) is 0 Å². The van der Waals surface area contributed by atoms with Crippen molar-refractivity contribution in [2.45, 2.75) is 19.3 Å². The minimum Gasteiger partial charge on any atom is -0.311 e. The molecule has 10 aromatic carbocycles. The van der Waals surface area contributed by atoms with Crippen molar-refractivity contribution in [3.05, 3.63) is 235 Å². The van der Waals surface area contributed by atoms with Gasteiger partial charge in [-0.1, -0.05) is 196 Å². The highest BCUT2D eigenvalue weighted by Gasteiger charge is 2.36. The van der Waals surface area contributed by atoms with Crippen molar-refractivity contribution in [3.8, 4) is 33.4 Å². The summed E-state index contributed by atoms with van der Waals surface area (Å²) >= 11 is 0. The van der Waals surface area contributed by atoms with Gasteiger partial charge in [0.2, 0.25) is 0 Å². The van der Waals surface area contributed by atoms with E-state index in [1.807, 2.05) is 0 Å². The molecule has 10 aromatic rings. The van der Waals surface area contributed by atoms with Crippen molar-refractivity contribution in [2.24, 2.45) is 0 Å². The molecule has 0 bridgehead atoms. The molecule has 0 aliphatic heterocycles. The number of hydrogen-bond acceptors (Lipinski definition) is 1. The zero-order valence-electron chi connectivity index (χ0n) is 33.8. The topological polar surface area (TPSA) is 3.24 Å². The molecule has 0 atom stereocenters. The highest BCUT2D eigenvalue weighted by atomic mass is 15.1. The number of rotatable bonds is 7. The number of nitrogens with zero attached hydrogens (tertiary/aromatic N) is 1. The molecule has 1 aliphatic carbocycles. The van der Waals surface area contributed by atoms with Gasteiger partial charge < -0.3 is 4.90 Å². The van der Waals surface area contributed by atoms with Gasteiger partial charge in [0.25, 0.3) is 0 Å². The molecule has 0 amide bonds. The minimum atomic E-state index is -0.168. The second-order valence-electron chi connectivity index (χ2n) is 16.5. The van der Waals surface area contributed by atoms with E-state index in [1.54, 1.807) is 0 Å². The fraction of sp³-hybridized carbons (Fsp3) is 0.0508. The Hall–Kier alpha value is -7.48. The number of fused-ring (bicyclic) bond motifs is 6. The predicted octanol–water partition coefficient (Wildman–Crippen LogP) is 16.4. The molecule has 0 saturated carbocycles. The van der Waals surface area contributed by atoms with E-state index in [-0.39, 0.29) is 5.41 Å². The van der Waals surface area contributed by atoms with Gasteiger partial charge in [0.15, 0.2) is 0 Å². The van der Waals surface area contributed by atoms with Gasteiger partial charge in [-0.25, -0.2) is 0 Å². The lowest BCUT2D eigenvalue weighted by Crippen LogP contribution is -2.15. The molecular formula is C59H43N. The Morgan fingerprint density at radius 1 is 0.350 bits per heavy atom. The zero-order chi connectivity index (χ0) is 40.2. The van der Waals surface area contributed by atoms with Crippen LogP contribution in [-0.2, 0) is 5.41 Å². The molecule has 284 valence electrons. The maximum absolute atomic E-state index is 2.48. The van der Waals surface area contributed by atoms with E-state index in [0.717, 1.165) is 17.1 Å². The third-order valence-corrected chi connectivity index (χ3v) is 12.6. The van der Waals surface area contributed by atoms with Gasteiger partial charge in [-0.05, 0) is 130 Å². The summed E-state index contributed by atoms with van der Waals surface area (Å²) in [6, 6.07) is 77.6. The Kier molecular flexibility index (Phi) is 8.57. The minimum absolute atomic E-state index is 0.168. The molecule has 1 aliphatic rings. The van der Waals surface area contributed by atoms with Crippen molar-refractivity contribution >= 4 is 61.5 Å². The van der Waals surface area contributed by atoms with Gasteiger partial charge >= 0.3 is 0 Å². The van der Waals surface area contributed by atoms with Crippen molar-refractivity contribution in [1.29, 1.82) is 0 Å². The standard InChI is InChI=1S/C59H43N/c1-59(2)55-38-41(29-28-40-30-34-46(35-31-40)60(44-18-5-3-6-19-44)45-20-7-4-8-21-45)32-36-48(55)49-37-33-43(39-56(49)59)57-51-23-11-13-25-53(51)58(54-26-14-12-24-52(54)57)50-27-15-17-42-16-9-10-22-47(42)50/h3-39H,1-2H3. The van der Waals surface area contributed by atoms with Crippen LogP contribution in [0.1, 0.15) is 36.1 Å². The number of para-hydroxylation sites is 2. The Morgan fingerprint density at radius 2 is 0.817 bits per heavy atom. The largest absolute Gasteiger partial charge is 0.311 e. The monoisotopic (exact) mass is 765 g/mol. The lowest BCUT2D eigenvalue weighted by Gasteiger charge is -2.25. The van der Waals surface area contributed by atoms with Crippen LogP contribution in [0.3, 0.4) is 0 Å². The van der Waals surface area contributed by atoms with E-state index in [2.05, 4.69) is 243 Å². The highest BCUT2D eigenvalue weighted by molar-refractivity contribution is 6.23. The second kappa shape index (κ2) is 14.4. The molecule has 0 spiro atoms. The summed E-state index contributed by atoms with van der Waals surface area (Å²) in [5, 5.41) is 7.65.